The molecule has 0 spiro atoms. The van der Waals surface area contributed by atoms with Crippen molar-refractivity contribution in [1.82, 2.24) is 14.9 Å². The van der Waals surface area contributed by atoms with E-state index in [1.54, 1.807) is 7.11 Å². The van der Waals surface area contributed by atoms with Crippen LogP contribution in [0.4, 0.5) is 5.82 Å². The molecule has 0 unspecified atom stereocenters. The Morgan fingerprint density at radius 3 is 2.55 bits per heavy atom. The number of carbonyl (C=O) groups excluding carboxylic acids is 1. The van der Waals surface area contributed by atoms with E-state index in [0.29, 0.717) is 18.9 Å². The predicted octanol–water partition coefficient (Wildman–Crippen LogP) is 4.05. The van der Waals surface area contributed by atoms with Crippen LogP contribution in [0.5, 0.6) is 0 Å². The number of nitrogens with zero attached hydrogens (tertiary/aromatic N) is 4. The van der Waals surface area contributed by atoms with E-state index in [0.717, 1.165) is 72.5 Å². The number of halogens is 1. The molecule has 0 bridgehead atoms. The minimum atomic E-state index is 0.0266. The minimum Gasteiger partial charge on any atom is -0.378 e. The van der Waals surface area contributed by atoms with Crippen molar-refractivity contribution in [2.75, 3.05) is 38.2 Å². The molecule has 1 aliphatic carbocycles. The van der Waals surface area contributed by atoms with Gasteiger partial charge in [-0.3, -0.25) is 4.79 Å². The van der Waals surface area contributed by atoms with E-state index in [-0.39, 0.29) is 11.8 Å². The Bertz CT molecular complexity index is 937. The maximum atomic E-state index is 12.4. The van der Waals surface area contributed by atoms with Gasteiger partial charge in [-0.25, -0.2) is 9.97 Å². The maximum Gasteiger partial charge on any atom is 0.225 e. The second-order valence-corrected chi connectivity index (χ2v) is 9.25. The summed E-state index contributed by atoms with van der Waals surface area (Å²) in [5.41, 5.74) is 3.18. The number of hydrogen-bond donors (Lipinski definition) is 0. The highest BCUT2D eigenvalue weighted by atomic mass is 35.5. The summed E-state index contributed by atoms with van der Waals surface area (Å²) >= 11 is 6.24. The fourth-order valence-corrected chi connectivity index (χ4v) is 4.33. The molecular weight excluding hydrogens is 412 g/mol. The molecule has 0 N–H and O–H groups in total. The summed E-state index contributed by atoms with van der Waals surface area (Å²) in [6.07, 6.45) is 3.00. The summed E-state index contributed by atoms with van der Waals surface area (Å²) in [6, 6.07) is 7.94. The molecule has 166 valence electrons. The van der Waals surface area contributed by atoms with E-state index >= 15 is 0 Å². The highest BCUT2D eigenvalue weighted by Gasteiger charge is 2.31. The number of methoxy groups -OCH3 is 1. The fourth-order valence-electron chi connectivity index (χ4n) is 4.11. The van der Waals surface area contributed by atoms with Gasteiger partial charge in [0.2, 0.25) is 5.91 Å². The molecule has 0 radical (unpaired) electrons. The van der Waals surface area contributed by atoms with E-state index in [4.69, 9.17) is 26.3 Å². The number of carbonyl (C=O) groups is 1. The van der Waals surface area contributed by atoms with E-state index in [1.807, 2.05) is 36.9 Å². The van der Waals surface area contributed by atoms with Gasteiger partial charge in [0.25, 0.3) is 0 Å². The van der Waals surface area contributed by atoms with Crippen molar-refractivity contribution < 1.29 is 9.53 Å². The number of rotatable bonds is 7. The van der Waals surface area contributed by atoms with Crippen molar-refractivity contribution in [3.63, 3.8) is 0 Å². The van der Waals surface area contributed by atoms with Gasteiger partial charge in [-0.15, -0.1) is 0 Å². The zero-order valence-electron chi connectivity index (χ0n) is 18.6. The molecule has 0 atom stereocenters. The second-order valence-electron chi connectivity index (χ2n) is 8.81. The Balaban J connectivity index is 1.67. The van der Waals surface area contributed by atoms with Crippen LogP contribution in [0.15, 0.2) is 24.3 Å². The Morgan fingerprint density at radius 1 is 1.19 bits per heavy atom. The Morgan fingerprint density at radius 2 is 1.94 bits per heavy atom. The lowest BCUT2D eigenvalue weighted by Crippen LogP contribution is -2.50. The van der Waals surface area contributed by atoms with E-state index in [9.17, 15) is 4.79 Å². The monoisotopic (exact) mass is 442 g/mol. The highest BCUT2D eigenvalue weighted by molar-refractivity contribution is 6.30. The van der Waals surface area contributed by atoms with Crippen molar-refractivity contribution >= 4 is 23.3 Å². The molecule has 1 aromatic carbocycles. The van der Waals surface area contributed by atoms with Gasteiger partial charge in [-0.2, -0.15) is 0 Å². The summed E-state index contributed by atoms with van der Waals surface area (Å²) < 4.78 is 5.51. The van der Waals surface area contributed by atoms with Crippen LogP contribution in [0.2, 0.25) is 5.02 Å². The molecular formula is C24H31ClN4O2. The van der Waals surface area contributed by atoms with Crippen LogP contribution in [0, 0.1) is 5.92 Å². The zero-order chi connectivity index (χ0) is 22.0. The third-order valence-electron chi connectivity index (χ3n) is 5.97. The smallest absolute Gasteiger partial charge is 0.225 e. The highest BCUT2D eigenvalue weighted by Crippen LogP contribution is 2.40. The summed E-state index contributed by atoms with van der Waals surface area (Å²) in [4.78, 5) is 26.7. The van der Waals surface area contributed by atoms with Crippen LogP contribution < -0.4 is 4.90 Å². The first-order chi connectivity index (χ1) is 15.0. The van der Waals surface area contributed by atoms with Crippen molar-refractivity contribution in [2.45, 2.75) is 45.6 Å². The third-order valence-corrected chi connectivity index (χ3v) is 6.20. The van der Waals surface area contributed by atoms with Gasteiger partial charge in [0.05, 0.1) is 12.3 Å². The lowest BCUT2D eigenvalue weighted by Gasteiger charge is -2.37. The number of piperazine rings is 1. The van der Waals surface area contributed by atoms with Crippen molar-refractivity contribution in [2.24, 2.45) is 5.92 Å². The van der Waals surface area contributed by atoms with Crippen LogP contribution in [-0.2, 0) is 22.6 Å². The van der Waals surface area contributed by atoms with Gasteiger partial charge < -0.3 is 14.5 Å². The minimum absolute atomic E-state index is 0.0266. The molecule has 2 aromatic rings. The molecule has 1 aliphatic heterocycles. The number of aromatic nitrogens is 2. The first-order valence-corrected chi connectivity index (χ1v) is 11.5. The van der Waals surface area contributed by atoms with Gasteiger partial charge in [0.15, 0.2) is 0 Å². The standard InChI is InChI=1S/C24H31ClN4O2/c1-16(2)24(30)29-11-9-28(10-12-29)23-20(14-17-5-4-6-19(25)13-17)21(15-31-3)26-22(27-23)18-7-8-18/h4-6,13,16,18H,7-12,14-15H2,1-3H3. The quantitative estimate of drug-likeness (QED) is 0.647. The normalized spacial score (nSPS) is 16.8. The fraction of sp³-hybridized carbons (Fsp3) is 0.542. The molecule has 4 rings (SSSR count). The van der Waals surface area contributed by atoms with Crippen LogP contribution in [-0.4, -0.2) is 54.1 Å². The van der Waals surface area contributed by atoms with E-state index < -0.39 is 0 Å². The van der Waals surface area contributed by atoms with E-state index in [2.05, 4.69) is 11.0 Å². The second kappa shape index (κ2) is 9.53. The molecule has 1 amide bonds. The SMILES string of the molecule is COCc1nc(C2CC2)nc(N2CCN(C(=O)C(C)C)CC2)c1Cc1cccc(Cl)c1. The average Bonchev–Trinajstić information content (AvgIpc) is 3.60. The molecule has 2 aliphatic rings. The molecule has 1 saturated heterocycles. The van der Waals surface area contributed by atoms with Gasteiger partial charge in [-0.05, 0) is 30.5 Å². The first-order valence-electron chi connectivity index (χ1n) is 11.1. The Hall–Kier alpha value is -2.18. The zero-order valence-corrected chi connectivity index (χ0v) is 19.4. The number of anilines is 1. The van der Waals surface area contributed by atoms with Crippen LogP contribution >= 0.6 is 11.6 Å². The lowest BCUT2D eigenvalue weighted by molar-refractivity contribution is -0.134. The van der Waals surface area contributed by atoms with Gasteiger partial charge in [-0.1, -0.05) is 37.6 Å². The topological polar surface area (TPSA) is 58.6 Å². The molecule has 31 heavy (non-hydrogen) atoms. The van der Waals surface area contributed by atoms with Crippen molar-refractivity contribution in [3.8, 4) is 0 Å². The Labute approximate surface area is 189 Å². The molecule has 6 nitrogen and oxygen atoms in total. The third kappa shape index (κ3) is 5.18. The van der Waals surface area contributed by atoms with Crippen LogP contribution in [0.3, 0.4) is 0 Å². The summed E-state index contributed by atoms with van der Waals surface area (Å²) in [6.45, 7) is 7.36. The number of hydrogen-bond acceptors (Lipinski definition) is 5. The van der Waals surface area contributed by atoms with Gasteiger partial charge >= 0.3 is 0 Å². The largest absolute Gasteiger partial charge is 0.378 e. The van der Waals surface area contributed by atoms with Crippen LogP contribution in [0.1, 0.15) is 55.3 Å². The summed E-state index contributed by atoms with van der Waals surface area (Å²) in [5.74, 6) is 2.62. The number of amides is 1. The lowest BCUT2D eigenvalue weighted by atomic mass is 10.0. The van der Waals surface area contributed by atoms with Gasteiger partial charge in [0.1, 0.15) is 11.6 Å². The summed E-state index contributed by atoms with van der Waals surface area (Å²) in [7, 11) is 1.71. The first kappa shape index (κ1) is 22.0. The Kier molecular flexibility index (Phi) is 6.77. The van der Waals surface area contributed by atoms with Crippen molar-refractivity contribution in [3.05, 3.63) is 51.9 Å². The number of benzene rings is 1. The molecule has 1 saturated carbocycles. The molecule has 2 heterocycles. The average molecular weight is 443 g/mol. The number of ether oxygens (including phenoxy) is 1. The van der Waals surface area contributed by atoms with Gasteiger partial charge in [0, 0.05) is 62.1 Å². The van der Waals surface area contributed by atoms with Crippen molar-refractivity contribution in [1.29, 1.82) is 0 Å². The predicted molar refractivity (Wildman–Crippen MR) is 123 cm³/mol. The van der Waals surface area contributed by atoms with E-state index in [1.165, 1.54) is 0 Å². The molecule has 7 heteroatoms. The maximum absolute atomic E-state index is 12.4. The molecule has 1 aromatic heterocycles. The summed E-state index contributed by atoms with van der Waals surface area (Å²) in [5, 5.41) is 0.726. The molecule has 2 fully saturated rings. The van der Waals surface area contributed by atoms with Crippen LogP contribution in [0.25, 0.3) is 0 Å².